The normalized spacial score (nSPS) is 12.8. The number of carbonyl (C=O) groups excluding carboxylic acids is 1. The topological polar surface area (TPSA) is 150 Å². The molecule has 0 bridgehead atoms. The lowest BCUT2D eigenvalue weighted by atomic mass is 9.82. The number of nitrogens with zero attached hydrogens (tertiary/aromatic N) is 4. The second-order valence-electron chi connectivity index (χ2n) is 5.11. The predicted octanol–water partition coefficient (Wildman–Crippen LogP) is -0.606. The molecule has 0 aliphatic carbocycles. The van der Waals surface area contributed by atoms with Gasteiger partial charge in [0.15, 0.2) is 10.8 Å². The average molecular weight is 399 g/mol. The van der Waals surface area contributed by atoms with E-state index in [9.17, 15) is 19.1 Å². The van der Waals surface area contributed by atoms with E-state index in [1.54, 1.807) is 0 Å². The van der Waals surface area contributed by atoms with Crippen LogP contribution in [-0.2, 0) is 9.73 Å². The summed E-state index contributed by atoms with van der Waals surface area (Å²) in [5, 5.41) is 31.3. The highest BCUT2D eigenvalue weighted by atomic mass is 35.5. The highest BCUT2D eigenvalue weighted by Gasteiger charge is 2.21. The molecule has 0 fully saturated rings. The molecule has 2 aromatic rings. The molecule has 1 unspecified atom stereocenters. The van der Waals surface area contributed by atoms with Crippen LogP contribution in [-0.4, -0.2) is 62.8 Å². The van der Waals surface area contributed by atoms with Crippen LogP contribution in [0, 0.1) is 0 Å². The highest BCUT2D eigenvalue weighted by molar-refractivity contribution is 7.93. The third-order valence-corrected chi connectivity index (χ3v) is 5.40. The number of anilines is 2. The zero-order valence-electron chi connectivity index (χ0n) is 14.1. The summed E-state index contributed by atoms with van der Waals surface area (Å²) in [4.78, 5) is 16.2. The zero-order chi connectivity index (χ0) is 19.5. The van der Waals surface area contributed by atoms with E-state index in [0.29, 0.717) is 0 Å². The van der Waals surface area contributed by atoms with Gasteiger partial charge in [0, 0.05) is 38.1 Å². The van der Waals surface area contributed by atoms with Crippen LogP contribution in [0.1, 0.15) is 10.5 Å². The van der Waals surface area contributed by atoms with Crippen molar-refractivity contribution in [2.75, 3.05) is 25.7 Å². The first kappa shape index (κ1) is 20.0. The molecule has 2 heterocycles. The number of halogens is 1. The van der Waals surface area contributed by atoms with Crippen LogP contribution in [0.25, 0.3) is 0 Å². The van der Waals surface area contributed by atoms with E-state index < -0.39 is 22.8 Å². The maximum Gasteiger partial charge on any atom is 0.490 e. The second-order valence-corrected chi connectivity index (χ2v) is 7.90. The number of aromatic nitrogens is 3. The van der Waals surface area contributed by atoms with E-state index in [-0.39, 0.29) is 32.7 Å². The molecule has 0 aromatic carbocycles. The number of amides is 1. The summed E-state index contributed by atoms with van der Waals surface area (Å²) >= 11 is 5.85. The molecule has 0 saturated carbocycles. The summed E-state index contributed by atoms with van der Waals surface area (Å²) < 4.78 is 16.6. The van der Waals surface area contributed by atoms with Crippen molar-refractivity contribution in [1.82, 2.24) is 20.5 Å². The molecule has 0 aliphatic heterocycles. The first-order valence-corrected chi connectivity index (χ1v) is 9.48. The first-order valence-electron chi connectivity index (χ1n) is 7.18. The zero-order valence-corrected chi connectivity index (χ0v) is 15.7. The Morgan fingerprint density at radius 1 is 1.35 bits per heavy atom. The summed E-state index contributed by atoms with van der Waals surface area (Å²) in [5.41, 5.74) is 0.176. The Hall–Kier alpha value is -2.28. The lowest BCUT2D eigenvalue weighted by molar-refractivity contribution is 0.0958. The minimum absolute atomic E-state index is 0.0292. The molecular formula is C13H16BClN6O4S. The van der Waals surface area contributed by atoms with Gasteiger partial charge in [-0.3, -0.25) is 4.79 Å². The molecule has 2 rings (SSSR count). The smallest absolute Gasteiger partial charge is 0.423 e. The van der Waals surface area contributed by atoms with Crippen LogP contribution in [0.4, 0.5) is 11.5 Å². The molecule has 1 amide bonds. The van der Waals surface area contributed by atoms with Gasteiger partial charge in [0.1, 0.15) is 5.82 Å². The Morgan fingerprint density at radius 2 is 2.04 bits per heavy atom. The summed E-state index contributed by atoms with van der Waals surface area (Å²) in [6.07, 6.45) is 2.57. The van der Waals surface area contributed by atoms with Gasteiger partial charge in [-0.25, -0.2) is 13.6 Å². The van der Waals surface area contributed by atoms with E-state index in [2.05, 4.69) is 30.2 Å². The van der Waals surface area contributed by atoms with Crippen molar-refractivity contribution in [3.8, 4) is 0 Å². The Labute approximate surface area is 155 Å². The summed E-state index contributed by atoms with van der Waals surface area (Å²) in [6, 6.07) is 2.67. The Morgan fingerprint density at radius 3 is 2.62 bits per heavy atom. The van der Waals surface area contributed by atoms with E-state index in [0.717, 1.165) is 0 Å². The predicted molar refractivity (Wildman–Crippen MR) is 98.5 cm³/mol. The Bertz CT molecular complexity index is 964. The summed E-state index contributed by atoms with van der Waals surface area (Å²) in [7, 11) is -1.89. The van der Waals surface area contributed by atoms with Crippen molar-refractivity contribution in [1.29, 1.82) is 0 Å². The number of rotatable bonds is 5. The van der Waals surface area contributed by atoms with Crippen molar-refractivity contribution in [3.05, 3.63) is 29.2 Å². The van der Waals surface area contributed by atoms with Gasteiger partial charge in [0.05, 0.1) is 20.3 Å². The van der Waals surface area contributed by atoms with Gasteiger partial charge in [-0.2, -0.15) is 0 Å². The molecule has 13 heteroatoms. The fraction of sp³-hybridized carbons (Fsp3) is 0.231. The maximum absolute atomic E-state index is 12.7. The van der Waals surface area contributed by atoms with Gasteiger partial charge in [-0.05, 0) is 6.07 Å². The van der Waals surface area contributed by atoms with Gasteiger partial charge in [0.25, 0.3) is 5.91 Å². The molecular weight excluding hydrogens is 383 g/mol. The lowest BCUT2D eigenvalue weighted by Gasteiger charge is -2.15. The quantitative estimate of drug-likeness (QED) is 0.487. The molecule has 10 nitrogen and oxygen atoms in total. The number of carbonyl (C=O) groups is 1. The third kappa shape index (κ3) is 4.27. The minimum atomic E-state index is -2.90. The molecule has 0 aliphatic rings. The van der Waals surface area contributed by atoms with E-state index in [1.807, 2.05) is 0 Å². The highest BCUT2D eigenvalue weighted by Crippen LogP contribution is 2.25. The summed E-state index contributed by atoms with van der Waals surface area (Å²) in [6.45, 7) is 0. The number of pyridine rings is 1. The molecule has 138 valence electrons. The number of hydrogen-bond donors (Lipinski definition) is 4. The first-order chi connectivity index (χ1) is 12.2. The van der Waals surface area contributed by atoms with Crippen molar-refractivity contribution in [2.45, 2.75) is 4.90 Å². The van der Waals surface area contributed by atoms with Crippen LogP contribution < -0.4 is 16.1 Å². The molecule has 26 heavy (non-hydrogen) atoms. The van der Waals surface area contributed by atoms with E-state index in [4.69, 9.17) is 11.6 Å². The third-order valence-electron chi connectivity index (χ3n) is 3.39. The van der Waals surface area contributed by atoms with E-state index in [1.165, 1.54) is 38.7 Å². The average Bonchev–Trinajstić information content (AvgIpc) is 2.61. The molecule has 0 saturated heterocycles. The number of nitrogens with one attached hydrogen (secondary N) is 2. The van der Waals surface area contributed by atoms with Gasteiger partial charge in [0.2, 0.25) is 0 Å². The van der Waals surface area contributed by atoms with Gasteiger partial charge in [-0.15, -0.1) is 10.2 Å². The molecule has 0 radical (unpaired) electrons. The van der Waals surface area contributed by atoms with Gasteiger partial charge in [-0.1, -0.05) is 11.6 Å². The van der Waals surface area contributed by atoms with Crippen LogP contribution in [0.5, 0.6) is 0 Å². The van der Waals surface area contributed by atoms with Crippen molar-refractivity contribution < 1.29 is 19.1 Å². The van der Waals surface area contributed by atoms with Crippen molar-refractivity contribution in [3.63, 3.8) is 0 Å². The molecule has 0 spiro atoms. The van der Waals surface area contributed by atoms with Gasteiger partial charge < -0.3 is 20.7 Å². The van der Waals surface area contributed by atoms with Crippen molar-refractivity contribution in [2.24, 2.45) is 4.36 Å². The van der Waals surface area contributed by atoms with Crippen LogP contribution in [0.2, 0.25) is 5.15 Å². The van der Waals surface area contributed by atoms with Crippen LogP contribution in [0.3, 0.4) is 0 Å². The maximum atomic E-state index is 12.7. The Balaban J connectivity index is 2.63. The SMILES string of the molecule is CN=S(C)(=O)c1cc(B(O)O)cnc1Nc1cc(Cl)nnc1C(=O)NC. The van der Waals surface area contributed by atoms with Gasteiger partial charge >= 0.3 is 7.12 Å². The van der Waals surface area contributed by atoms with Crippen molar-refractivity contribution >= 4 is 51.3 Å². The lowest BCUT2D eigenvalue weighted by Crippen LogP contribution is -2.31. The Kier molecular flexibility index (Phi) is 6.13. The molecule has 1 atom stereocenters. The van der Waals surface area contributed by atoms with Crippen LogP contribution in [0.15, 0.2) is 27.6 Å². The van der Waals surface area contributed by atoms with E-state index >= 15 is 0 Å². The largest absolute Gasteiger partial charge is 0.490 e. The standard InChI is InChI=1S/C13H16BClN6O4S/c1-16-13(22)11-8(5-10(15)20-21-11)19-12-9(26(3,25)17-2)4-7(6-18-12)14(23)24/h4-6,23-24H,1-3H3,(H,16,22)(H,18,19,20). The molecule has 2 aromatic heterocycles. The fourth-order valence-corrected chi connectivity index (χ4v) is 3.12. The second kappa shape index (κ2) is 7.95. The monoisotopic (exact) mass is 398 g/mol. The fourth-order valence-electron chi connectivity index (χ4n) is 1.96. The molecule has 4 N–H and O–H groups in total. The van der Waals surface area contributed by atoms with Crippen LogP contribution >= 0.6 is 11.6 Å². The summed E-state index contributed by atoms with van der Waals surface area (Å²) in [5.74, 6) is -0.417. The minimum Gasteiger partial charge on any atom is -0.423 e. The number of hydrogen-bond acceptors (Lipinski definition) is 9.